The number of carbonyl (C=O) groups is 2. The molecule has 0 radical (unpaired) electrons. The molecule has 0 fully saturated rings. The van der Waals surface area contributed by atoms with Crippen LogP contribution in [0.1, 0.15) is 46.8 Å². The standard InChI is InChI=1S/C30H26INO5/c1-4-36-23-15-19(14-22(31)29(23)37-16-18-10-6-5-7-11-18)25-24(30(34)35-3)17(2)32-27-20-12-8-9-13-21(20)28(33)26(25)27/h5-15,25,32H,4,16H2,1-3H3/t25-/m1/s1. The molecule has 3 aromatic carbocycles. The van der Waals surface area contributed by atoms with Crippen molar-refractivity contribution >= 4 is 40.0 Å². The summed E-state index contributed by atoms with van der Waals surface area (Å²) in [5.74, 6) is -0.0260. The first kappa shape index (κ1) is 25.1. The van der Waals surface area contributed by atoms with E-state index >= 15 is 0 Å². The monoisotopic (exact) mass is 607 g/mol. The van der Waals surface area contributed by atoms with Gasteiger partial charge in [-0.25, -0.2) is 4.79 Å². The maximum atomic E-state index is 13.7. The smallest absolute Gasteiger partial charge is 0.336 e. The van der Waals surface area contributed by atoms with Crippen LogP contribution in [0.15, 0.2) is 83.6 Å². The van der Waals surface area contributed by atoms with Crippen LogP contribution >= 0.6 is 22.6 Å². The minimum absolute atomic E-state index is 0.102. The van der Waals surface area contributed by atoms with Gasteiger partial charge in [0.25, 0.3) is 0 Å². The van der Waals surface area contributed by atoms with Crippen LogP contribution in [-0.4, -0.2) is 25.5 Å². The first-order chi connectivity index (χ1) is 17.9. The van der Waals surface area contributed by atoms with E-state index in [-0.39, 0.29) is 5.78 Å². The summed E-state index contributed by atoms with van der Waals surface area (Å²) in [5.41, 5.74) is 5.56. The average Bonchev–Trinajstić information content (AvgIpc) is 3.19. The van der Waals surface area contributed by atoms with Gasteiger partial charge in [-0.3, -0.25) is 4.79 Å². The van der Waals surface area contributed by atoms with Crippen molar-refractivity contribution in [1.29, 1.82) is 0 Å². The number of hydrogen-bond acceptors (Lipinski definition) is 6. The Morgan fingerprint density at radius 3 is 2.41 bits per heavy atom. The highest BCUT2D eigenvalue weighted by atomic mass is 127. The van der Waals surface area contributed by atoms with Crippen LogP contribution in [0.25, 0.3) is 5.70 Å². The molecule has 0 saturated carbocycles. The Morgan fingerprint density at radius 1 is 1.00 bits per heavy atom. The van der Waals surface area contributed by atoms with Crippen LogP contribution in [0.3, 0.4) is 0 Å². The summed E-state index contributed by atoms with van der Waals surface area (Å²) in [6.45, 7) is 4.57. The molecule has 3 aromatic rings. The highest BCUT2D eigenvalue weighted by Gasteiger charge is 2.43. The summed E-state index contributed by atoms with van der Waals surface area (Å²) in [4.78, 5) is 26.7. The zero-order chi connectivity index (χ0) is 26.1. The van der Waals surface area contributed by atoms with E-state index in [0.29, 0.717) is 47.1 Å². The topological polar surface area (TPSA) is 73.9 Å². The van der Waals surface area contributed by atoms with Gasteiger partial charge in [0, 0.05) is 28.3 Å². The first-order valence-electron chi connectivity index (χ1n) is 12.0. The number of carbonyl (C=O) groups excluding carboxylic acids is 2. The Balaban J connectivity index is 1.63. The third-order valence-electron chi connectivity index (χ3n) is 6.55. The van der Waals surface area contributed by atoms with Crippen molar-refractivity contribution in [3.05, 3.63) is 109 Å². The second-order valence-corrected chi connectivity index (χ2v) is 9.95. The van der Waals surface area contributed by atoms with Crippen molar-refractivity contribution in [3.63, 3.8) is 0 Å². The van der Waals surface area contributed by atoms with E-state index in [9.17, 15) is 9.59 Å². The second-order valence-electron chi connectivity index (χ2n) is 8.79. The molecule has 37 heavy (non-hydrogen) atoms. The Kier molecular flexibility index (Phi) is 7.06. The molecule has 2 aliphatic rings. The number of dihydropyridines is 1. The third kappa shape index (κ3) is 4.52. The van der Waals surface area contributed by atoms with Crippen molar-refractivity contribution in [2.45, 2.75) is 26.4 Å². The Hall–Kier alpha value is -3.59. The number of allylic oxidation sites excluding steroid dienone is 2. The number of fused-ring (bicyclic) bond motifs is 2. The van der Waals surface area contributed by atoms with E-state index in [1.54, 1.807) is 0 Å². The molecule has 188 valence electrons. The fourth-order valence-electron chi connectivity index (χ4n) is 4.93. The summed E-state index contributed by atoms with van der Waals surface area (Å²) in [5, 5.41) is 3.31. The predicted molar refractivity (Wildman–Crippen MR) is 149 cm³/mol. The number of ether oxygens (including phenoxy) is 3. The van der Waals surface area contributed by atoms with E-state index in [4.69, 9.17) is 14.2 Å². The van der Waals surface area contributed by atoms with Gasteiger partial charge in [-0.05, 0) is 59.7 Å². The molecule has 1 N–H and O–H groups in total. The predicted octanol–water partition coefficient (Wildman–Crippen LogP) is 6.01. The molecule has 1 atom stereocenters. The summed E-state index contributed by atoms with van der Waals surface area (Å²) in [6, 6.07) is 21.2. The Bertz CT molecular complexity index is 1460. The summed E-state index contributed by atoms with van der Waals surface area (Å²) in [7, 11) is 1.35. The van der Waals surface area contributed by atoms with Gasteiger partial charge in [-0.1, -0.05) is 54.6 Å². The lowest BCUT2D eigenvalue weighted by atomic mass is 9.79. The number of hydrogen-bond donors (Lipinski definition) is 1. The van der Waals surface area contributed by atoms with Crippen LogP contribution in [-0.2, 0) is 16.1 Å². The van der Waals surface area contributed by atoms with Gasteiger partial charge in [-0.2, -0.15) is 0 Å². The van der Waals surface area contributed by atoms with Gasteiger partial charge in [0.05, 0.1) is 28.6 Å². The Labute approximate surface area is 229 Å². The molecule has 1 aliphatic heterocycles. The third-order valence-corrected chi connectivity index (χ3v) is 7.35. The largest absolute Gasteiger partial charge is 0.490 e. The van der Waals surface area contributed by atoms with Crippen molar-refractivity contribution in [2.24, 2.45) is 0 Å². The molecule has 0 bridgehead atoms. The van der Waals surface area contributed by atoms with E-state index < -0.39 is 11.9 Å². The average molecular weight is 607 g/mol. The highest BCUT2D eigenvalue weighted by molar-refractivity contribution is 14.1. The second kappa shape index (κ2) is 10.4. The fraction of sp³-hybridized carbons (Fsp3) is 0.200. The minimum Gasteiger partial charge on any atom is -0.490 e. The van der Waals surface area contributed by atoms with Gasteiger partial charge in [0.2, 0.25) is 0 Å². The molecule has 0 aromatic heterocycles. The van der Waals surface area contributed by atoms with Gasteiger partial charge in [0.15, 0.2) is 17.3 Å². The molecule has 0 amide bonds. The number of rotatable bonds is 7. The molecule has 0 spiro atoms. The number of ketones is 1. The maximum absolute atomic E-state index is 13.7. The highest BCUT2D eigenvalue weighted by Crippen LogP contribution is 2.48. The van der Waals surface area contributed by atoms with Gasteiger partial charge >= 0.3 is 5.97 Å². The van der Waals surface area contributed by atoms with E-state index in [2.05, 4.69) is 27.9 Å². The van der Waals surface area contributed by atoms with Crippen molar-refractivity contribution in [2.75, 3.05) is 13.7 Å². The number of esters is 1. The van der Waals surface area contributed by atoms with Gasteiger partial charge in [-0.15, -0.1) is 0 Å². The summed E-state index contributed by atoms with van der Waals surface area (Å²) in [6.07, 6.45) is 0. The van der Waals surface area contributed by atoms with Crippen molar-refractivity contribution < 1.29 is 23.8 Å². The normalized spacial score (nSPS) is 16.2. The van der Waals surface area contributed by atoms with Crippen LogP contribution in [0.2, 0.25) is 0 Å². The van der Waals surface area contributed by atoms with E-state index in [1.807, 2.05) is 80.6 Å². The van der Waals surface area contributed by atoms with E-state index in [1.165, 1.54) is 7.11 Å². The number of halogens is 1. The van der Waals surface area contributed by atoms with Crippen LogP contribution in [0, 0.1) is 3.57 Å². The summed E-state index contributed by atoms with van der Waals surface area (Å²) < 4.78 is 18.2. The molecule has 0 saturated heterocycles. The molecular formula is C30H26INO5. The van der Waals surface area contributed by atoms with Gasteiger partial charge < -0.3 is 19.5 Å². The molecule has 1 heterocycles. The van der Waals surface area contributed by atoms with Crippen LogP contribution < -0.4 is 14.8 Å². The lowest BCUT2D eigenvalue weighted by Crippen LogP contribution is -2.29. The zero-order valence-corrected chi connectivity index (χ0v) is 22.9. The number of nitrogens with one attached hydrogen (secondary N) is 1. The van der Waals surface area contributed by atoms with Crippen molar-refractivity contribution in [3.8, 4) is 11.5 Å². The van der Waals surface area contributed by atoms with E-state index in [0.717, 1.165) is 26.0 Å². The molecule has 6 nitrogen and oxygen atoms in total. The lowest BCUT2D eigenvalue weighted by Gasteiger charge is -2.29. The molecule has 1 aliphatic carbocycles. The molecule has 0 unspecified atom stereocenters. The Morgan fingerprint density at radius 2 is 1.70 bits per heavy atom. The quantitative estimate of drug-likeness (QED) is 0.262. The molecule has 5 rings (SSSR count). The fourth-order valence-corrected chi connectivity index (χ4v) is 5.71. The number of benzene rings is 3. The molecular weight excluding hydrogens is 581 g/mol. The van der Waals surface area contributed by atoms with Crippen molar-refractivity contribution in [1.82, 2.24) is 5.32 Å². The minimum atomic E-state index is -0.625. The zero-order valence-electron chi connectivity index (χ0n) is 20.8. The summed E-state index contributed by atoms with van der Waals surface area (Å²) >= 11 is 2.22. The first-order valence-corrected chi connectivity index (χ1v) is 13.1. The number of methoxy groups -OCH3 is 1. The lowest BCUT2D eigenvalue weighted by molar-refractivity contribution is -0.136. The van der Waals surface area contributed by atoms with Crippen LogP contribution in [0.4, 0.5) is 0 Å². The van der Waals surface area contributed by atoms with Gasteiger partial charge in [0.1, 0.15) is 6.61 Å². The van der Waals surface area contributed by atoms with Crippen LogP contribution in [0.5, 0.6) is 11.5 Å². The maximum Gasteiger partial charge on any atom is 0.336 e. The SMILES string of the molecule is CCOc1cc([C@@H]2C(C(=O)OC)=C(C)NC3=C2C(=O)c2ccccc23)cc(I)c1OCc1ccccc1. The molecule has 7 heteroatoms. The number of Topliss-reactive ketones (excluding diaryl/α,β-unsaturated/α-hetero) is 1.